The SMILES string of the molecule is COc1ccccc1NC(=S)NC(=O)c1ccccc1Cl. The molecule has 0 aliphatic rings. The van der Waals surface area contributed by atoms with E-state index >= 15 is 0 Å². The number of hydrogen-bond acceptors (Lipinski definition) is 3. The summed E-state index contributed by atoms with van der Waals surface area (Å²) in [5.74, 6) is 0.264. The predicted octanol–water partition coefficient (Wildman–Crippen LogP) is 3.48. The monoisotopic (exact) mass is 320 g/mol. The van der Waals surface area contributed by atoms with Gasteiger partial charge in [-0.2, -0.15) is 0 Å². The fraction of sp³-hybridized carbons (Fsp3) is 0.0667. The molecule has 0 fully saturated rings. The maximum absolute atomic E-state index is 12.1. The van der Waals surface area contributed by atoms with Gasteiger partial charge in [-0.05, 0) is 36.5 Å². The molecule has 0 bridgehead atoms. The van der Waals surface area contributed by atoms with E-state index in [1.807, 2.05) is 12.1 Å². The van der Waals surface area contributed by atoms with Crippen molar-refractivity contribution in [3.05, 3.63) is 59.1 Å². The second-order valence-corrected chi connectivity index (χ2v) is 4.90. The van der Waals surface area contributed by atoms with Gasteiger partial charge in [0, 0.05) is 0 Å². The van der Waals surface area contributed by atoms with E-state index in [0.717, 1.165) is 0 Å². The lowest BCUT2D eigenvalue weighted by Gasteiger charge is -2.12. The number of carbonyl (C=O) groups excluding carboxylic acids is 1. The van der Waals surface area contributed by atoms with Gasteiger partial charge >= 0.3 is 0 Å². The van der Waals surface area contributed by atoms with Gasteiger partial charge in [0.2, 0.25) is 0 Å². The Hall–Kier alpha value is -2.11. The van der Waals surface area contributed by atoms with Gasteiger partial charge in [-0.3, -0.25) is 10.1 Å². The summed E-state index contributed by atoms with van der Waals surface area (Å²) in [6.45, 7) is 0. The molecule has 4 nitrogen and oxygen atoms in total. The minimum Gasteiger partial charge on any atom is -0.495 e. The smallest absolute Gasteiger partial charge is 0.258 e. The summed E-state index contributed by atoms with van der Waals surface area (Å²) < 4.78 is 5.20. The Morgan fingerprint density at radius 2 is 1.81 bits per heavy atom. The van der Waals surface area contributed by atoms with Gasteiger partial charge in [0.15, 0.2) is 5.11 Å². The van der Waals surface area contributed by atoms with Crippen molar-refractivity contribution < 1.29 is 9.53 Å². The molecule has 0 saturated heterocycles. The van der Waals surface area contributed by atoms with Crippen LogP contribution < -0.4 is 15.4 Å². The van der Waals surface area contributed by atoms with E-state index in [4.69, 9.17) is 28.6 Å². The van der Waals surface area contributed by atoms with Gasteiger partial charge in [0.1, 0.15) is 5.75 Å². The molecule has 0 radical (unpaired) electrons. The van der Waals surface area contributed by atoms with Crippen LogP contribution in [0.1, 0.15) is 10.4 Å². The zero-order chi connectivity index (χ0) is 15.2. The van der Waals surface area contributed by atoms with Crippen LogP contribution in [0.4, 0.5) is 5.69 Å². The largest absolute Gasteiger partial charge is 0.495 e. The molecule has 0 aromatic heterocycles. The minimum atomic E-state index is -0.368. The van der Waals surface area contributed by atoms with Crippen LogP contribution in [0.25, 0.3) is 0 Å². The first-order valence-corrected chi connectivity index (χ1v) is 6.90. The average molecular weight is 321 g/mol. The van der Waals surface area contributed by atoms with E-state index in [2.05, 4.69) is 10.6 Å². The molecule has 1 amide bonds. The first-order valence-electron chi connectivity index (χ1n) is 6.11. The number of anilines is 1. The Labute approximate surface area is 133 Å². The maximum Gasteiger partial charge on any atom is 0.258 e. The van der Waals surface area contributed by atoms with Crippen molar-refractivity contribution in [2.24, 2.45) is 0 Å². The number of thiocarbonyl (C=S) groups is 1. The molecule has 0 aliphatic carbocycles. The highest BCUT2D eigenvalue weighted by Crippen LogP contribution is 2.22. The van der Waals surface area contributed by atoms with Crippen molar-refractivity contribution in [3.63, 3.8) is 0 Å². The lowest BCUT2D eigenvalue weighted by atomic mass is 10.2. The molecule has 0 saturated carbocycles. The lowest BCUT2D eigenvalue weighted by Crippen LogP contribution is -2.34. The molecule has 2 rings (SSSR count). The summed E-state index contributed by atoms with van der Waals surface area (Å²) in [4.78, 5) is 12.1. The lowest BCUT2D eigenvalue weighted by molar-refractivity contribution is 0.0978. The van der Waals surface area contributed by atoms with Gasteiger partial charge in [0.25, 0.3) is 5.91 Å². The summed E-state index contributed by atoms with van der Waals surface area (Å²) in [6, 6.07) is 14.0. The van der Waals surface area contributed by atoms with Gasteiger partial charge in [0.05, 0.1) is 23.4 Å². The first-order chi connectivity index (χ1) is 10.1. The van der Waals surface area contributed by atoms with Crippen molar-refractivity contribution in [1.29, 1.82) is 0 Å². The maximum atomic E-state index is 12.1. The van der Waals surface area contributed by atoms with E-state index in [0.29, 0.717) is 22.0 Å². The summed E-state index contributed by atoms with van der Waals surface area (Å²) in [6.07, 6.45) is 0. The van der Waals surface area contributed by atoms with Crippen LogP contribution in [0.5, 0.6) is 5.75 Å². The molecule has 2 aromatic carbocycles. The van der Waals surface area contributed by atoms with E-state index in [9.17, 15) is 4.79 Å². The second kappa shape index (κ2) is 7.06. The number of benzene rings is 2. The number of para-hydroxylation sites is 2. The number of halogens is 1. The normalized spacial score (nSPS) is 9.81. The quantitative estimate of drug-likeness (QED) is 0.850. The highest BCUT2D eigenvalue weighted by molar-refractivity contribution is 7.80. The van der Waals surface area contributed by atoms with E-state index in [-0.39, 0.29) is 11.0 Å². The number of hydrogen-bond donors (Lipinski definition) is 2. The van der Waals surface area contributed by atoms with E-state index in [1.54, 1.807) is 43.5 Å². The van der Waals surface area contributed by atoms with Crippen LogP contribution in [0.15, 0.2) is 48.5 Å². The van der Waals surface area contributed by atoms with Crippen LogP contribution in [0.2, 0.25) is 5.02 Å². The van der Waals surface area contributed by atoms with Crippen LogP contribution >= 0.6 is 23.8 Å². The van der Waals surface area contributed by atoms with Crippen LogP contribution in [0.3, 0.4) is 0 Å². The van der Waals surface area contributed by atoms with Crippen molar-refractivity contribution in [2.45, 2.75) is 0 Å². The Bertz CT molecular complexity index is 676. The molecule has 21 heavy (non-hydrogen) atoms. The molecule has 108 valence electrons. The van der Waals surface area contributed by atoms with Crippen molar-refractivity contribution in [1.82, 2.24) is 5.32 Å². The topological polar surface area (TPSA) is 50.4 Å². The van der Waals surface area contributed by atoms with E-state index < -0.39 is 0 Å². The third-order valence-electron chi connectivity index (χ3n) is 2.70. The molecular weight excluding hydrogens is 308 g/mol. The third kappa shape index (κ3) is 3.93. The second-order valence-electron chi connectivity index (χ2n) is 4.09. The van der Waals surface area contributed by atoms with Crippen LogP contribution in [-0.4, -0.2) is 18.1 Å². The van der Waals surface area contributed by atoms with Crippen molar-refractivity contribution in [3.8, 4) is 5.75 Å². The molecule has 2 aromatic rings. The molecule has 0 unspecified atom stereocenters. The number of methoxy groups -OCH3 is 1. The number of ether oxygens (including phenoxy) is 1. The summed E-state index contributed by atoms with van der Waals surface area (Å²) in [5, 5.41) is 6.03. The molecule has 2 N–H and O–H groups in total. The fourth-order valence-electron chi connectivity index (χ4n) is 1.72. The van der Waals surface area contributed by atoms with Gasteiger partial charge in [-0.1, -0.05) is 35.9 Å². The highest BCUT2D eigenvalue weighted by atomic mass is 35.5. The Morgan fingerprint density at radius 3 is 2.52 bits per heavy atom. The molecule has 6 heteroatoms. The predicted molar refractivity (Wildman–Crippen MR) is 88.1 cm³/mol. The van der Waals surface area contributed by atoms with Gasteiger partial charge < -0.3 is 10.1 Å². The van der Waals surface area contributed by atoms with Crippen LogP contribution in [-0.2, 0) is 0 Å². The number of carbonyl (C=O) groups is 1. The molecule has 0 spiro atoms. The van der Waals surface area contributed by atoms with Crippen molar-refractivity contribution >= 4 is 40.5 Å². The first kappa shape index (κ1) is 15.3. The molecular formula is C15H13ClN2O2S. The number of amides is 1. The highest BCUT2D eigenvalue weighted by Gasteiger charge is 2.12. The third-order valence-corrected chi connectivity index (χ3v) is 3.23. The Balaban J connectivity index is 2.05. The van der Waals surface area contributed by atoms with E-state index in [1.165, 1.54) is 0 Å². The van der Waals surface area contributed by atoms with Gasteiger partial charge in [-0.15, -0.1) is 0 Å². The summed E-state index contributed by atoms with van der Waals surface area (Å²) in [5.41, 5.74) is 1.04. The minimum absolute atomic E-state index is 0.171. The summed E-state index contributed by atoms with van der Waals surface area (Å²) >= 11 is 11.1. The number of nitrogens with one attached hydrogen (secondary N) is 2. The Kier molecular flexibility index (Phi) is 5.14. The average Bonchev–Trinajstić information content (AvgIpc) is 2.48. The molecule has 0 aliphatic heterocycles. The van der Waals surface area contributed by atoms with Crippen LogP contribution in [0, 0.1) is 0 Å². The summed E-state index contributed by atoms with van der Waals surface area (Å²) in [7, 11) is 1.56. The zero-order valence-corrected chi connectivity index (χ0v) is 12.8. The standard InChI is InChI=1S/C15H13ClN2O2S/c1-20-13-9-5-4-8-12(13)17-15(21)18-14(19)10-6-2-3-7-11(10)16/h2-9H,1H3,(H2,17,18,19,21). The Morgan fingerprint density at radius 1 is 1.14 bits per heavy atom. The number of rotatable bonds is 3. The molecule has 0 heterocycles. The zero-order valence-electron chi connectivity index (χ0n) is 11.2. The fourth-order valence-corrected chi connectivity index (χ4v) is 2.14. The van der Waals surface area contributed by atoms with Crippen molar-refractivity contribution in [2.75, 3.05) is 12.4 Å². The molecule has 0 atom stereocenters. The van der Waals surface area contributed by atoms with Gasteiger partial charge in [-0.25, -0.2) is 0 Å².